The molecule has 1 unspecified atom stereocenters. The zero-order valence-corrected chi connectivity index (χ0v) is 11.8. The molecule has 1 atom stereocenters. The van der Waals surface area contributed by atoms with E-state index in [1.807, 2.05) is 17.8 Å². The largest absolute Gasteiger partial charge is 0.480 e. The number of aliphatic carboxylic acids is 1. The molecule has 20 heavy (non-hydrogen) atoms. The van der Waals surface area contributed by atoms with Crippen molar-refractivity contribution in [2.75, 3.05) is 6.54 Å². The molecule has 0 saturated heterocycles. The Morgan fingerprint density at radius 3 is 2.65 bits per heavy atom. The summed E-state index contributed by atoms with van der Waals surface area (Å²) in [5.41, 5.74) is 10.1. The second-order valence-electron chi connectivity index (χ2n) is 5.45. The van der Waals surface area contributed by atoms with Crippen LogP contribution in [0.2, 0.25) is 0 Å². The van der Waals surface area contributed by atoms with Gasteiger partial charge in [-0.1, -0.05) is 6.92 Å². The Kier molecular flexibility index (Phi) is 3.03. The van der Waals surface area contributed by atoms with Crippen molar-refractivity contribution in [1.82, 2.24) is 9.47 Å². The molecule has 106 valence electrons. The van der Waals surface area contributed by atoms with E-state index >= 15 is 0 Å². The van der Waals surface area contributed by atoms with Gasteiger partial charge in [-0.15, -0.1) is 0 Å². The van der Waals surface area contributed by atoms with Gasteiger partial charge in [0, 0.05) is 42.8 Å². The SMILES string of the molecule is CCN1Cc2cc3c(C(N)C(=O)O)cn(C)c3cc2C1. The van der Waals surface area contributed by atoms with Gasteiger partial charge in [0.2, 0.25) is 0 Å². The normalized spacial score (nSPS) is 16.6. The van der Waals surface area contributed by atoms with Gasteiger partial charge in [-0.2, -0.15) is 0 Å². The molecule has 0 aliphatic carbocycles. The van der Waals surface area contributed by atoms with Crippen LogP contribution in [0.1, 0.15) is 29.7 Å². The van der Waals surface area contributed by atoms with Crippen LogP contribution in [-0.2, 0) is 24.9 Å². The second-order valence-corrected chi connectivity index (χ2v) is 5.45. The molecule has 3 N–H and O–H groups in total. The third kappa shape index (κ3) is 1.90. The van der Waals surface area contributed by atoms with Gasteiger partial charge < -0.3 is 15.4 Å². The van der Waals surface area contributed by atoms with Crippen molar-refractivity contribution in [3.8, 4) is 0 Å². The lowest BCUT2D eigenvalue weighted by atomic mass is 10.0. The van der Waals surface area contributed by atoms with Gasteiger partial charge in [0.1, 0.15) is 6.04 Å². The smallest absolute Gasteiger partial charge is 0.325 e. The van der Waals surface area contributed by atoms with E-state index in [0.29, 0.717) is 5.56 Å². The number of nitrogens with two attached hydrogens (primary N) is 1. The number of nitrogens with zero attached hydrogens (tertiary/aromatic N) is 2. The van der Waals surface area contributed by atoms with Crippen molar-refractivity contribution < 1.29 is 9.90 Å². The molecule has 1 aromatic carbocycles. The Morgan fingerprint density at radius 2 is 2.05 bits per heavy atom. The molecule has 1 aliphatic heterocycles. The van der Waals surface area contributed by atoms with Crippen molar-refractivity contribution >= 4 is 16.9 Å². The fourth-order valence-electron chi connectivity index (χ4n) is 2.98. The number of hydrogen-bond donors (Lipinski definition) is 2. The van der Waals surface area contributed by atoms with Crippen LogP contribution in [0.15, 0.2) is 18.3 Å². The molecule has 0 spiro atoms. The van der Waals surface area contributed by atoms with Crippen LogP contribution in [0.4, 0.5) is 0 Å². The summed E-state index contributed by atoms with van der Waals surface area (Å²) in [7, 11) is 1.93. The molecule has 0 fully saturated rings. The molecule has 1 aliphatic rings. The molecule has 0 bridgehead atoms. The number of aromatic nitrogens is 1. The zero-order valence-electron chi connectivity index (χ0n) is 11.8. The molecule has 2 aromatic rings. The number of aryl methyl sites for hydroxylation is 1. The van der Waals surface area contributed by atoms with E-state index in [2.05, 4.69) is 24.0 Å². The number of fused-ring (bicyclic) bond motifs is 2. The Hall–Kier alpha value is -1.85. The molecular weight excluding hydrogens is 254 g/mol. The molecule has 3 rings (SSSR count). The van der Waals surface area contributed by atoms with Gasteiger partial charge in [-0.25, -0.2) is 0 Å². The number of carbonyl (C=O) groups is 1. The van der Waals surface area contributed by atoms with E-state index in [1.165, 1.54) is 11.1 Å². The van der Waals surface area contributed by atoms with Gasteiger partial charge in [-0.3, -0.25) is 9.69 Å². The van der Waals surface area contributed by atoms with Crippen LogP contribution in [0.3, 0.4) is 0 Å². The Labute approximate surface area is 117 Å². The van der Waals surface area contributed by atoms with Gasteiger partial charge >= 0.3 is 5.97 Å². The minimum Gasteiger partial charge on any atom is -0.480 e. The first-order chi connectivity index (χ1) is 9.51. The average Bonchev–Trinajstić information content (AvgIpc) is 2.96. The Balaban J connectivity index is 2.15. The third-order valence-corrected chi connectivity index (χ3v) is 4.18. The van der Waals surface area contributed by atoms with Gasteiger partial charge in [0.25, 0.3) is 0 Å². The van der Waals surface area contributed by atoms with Gasteiger partial charge in [-0.05, 0) is 29.8 Å². The Morgan fingerprint density at radius 1 is 1.40 bits per heavy atom. The maximum absolute atomic E-state index is 11.1. The molecule has 5 heteroatoms. The van der Waals surface area contributed by atoms with Gasteiger partial charge in [0.15, 0.2) is 0 Å². The van der Waals surface area contributed by atoms with E-state index in [1.54, 1.807) is 0 Å². The minimum atomic E-state index is -0.992. The lowest BCUT2D eigenvalue weighted by Gasteiger charge is -2.09. The molecule has 0 radical (unpaired) electrons. The summed E-state index contributed by atoms with van der Waals surface area (Å²) in [6.45, 7) is 5.07. The summed E-state index contributed by atoms with van der Waals surface area (Å²) < 4.78 is 1.96. The quantitative estimate of drug-likeness (QED) is 0.891. The number of carboxylic acid groups (broad SMARTS) is 1. The lowest BCUT2D eigenvalue weighted by molar-refractivity contribution is -0.138. The van der Waals surface area contributed by atoms with Crippen molar-refractivity contribution in [2.45, 2.75) is 26.1 Å². The van der Waals surface area contributed by atoms with Crippen LogP contribution >= 0.6 is 0 Å². The predicted molar refractivity (Wildman–Crippen MR) is 77.3 cm³/mol. The average molecular weight is 273 g/mol. The highest BCUT2D eigenvalue weighted by Crippen LogP contribution is 2.32. The fourth-order valence-corrected chi connectivity index (χ4v) is 2.98. The monoisotopic (exact) mass is 273 g/mol. The predicted octanol–water partition coefficient (Wildman–Crippen LogP) is 1.60. The molecule has 2 heterocycles. The van der Waals surface area contributed by atoms with E-state index in [-0.39, 0.29) is 0 Å². The maximum Gasteiger partial charge on any atom is 0.325 e. The van der Waals surface area contributed by atoms with Crippen molar-refractivity contribution in [3.05, 3.63) is 35.0 Å². The van der Waals surface area contributed by atoms with Crippen LogP contribution in [0.25, 0.3) is 10.9 Å². The van der Waals surface area contributed by atoms with E-state index in [4.69, 9.17) is 10.8 Å². The summed E-state index contributed by atoms with van der Waals surface area (Å²) in [5.74, 6) is -0.992. The topological polar surface area (TPSA) is 71.5 Å². The molecule has 1 aromatic heterocycles. The number of hydrogen-bond acceptors (Lipinski definition) is 3. The summed E-state index contributed by atoms with van der Waals surface area (Å²) in [4.78, 5) is 13.5. The molecule has 0 amide bonds. The van der Waals surface area contributed by atoms with Crippen LogP contribution in [-0.4, -0.2) is 27.1 Å². The highest BCUT2D eigenvalue weighted by Gasteiger charge is 2.23. The summed E-state index contributed by atoms with van der Waals surface area (Å²) in [5, 5.41) is 10.1. The first-order valence-electron chi connectivity index (χ1n) is 6.82. The van der Waals surface area contributed by atoms with E-state index in [9.17, 15) is 4.79 Å². The first kappa shape index (κ1) is 13.1. The van der Waals surface area contributed by atoms with Crippen molar-refractivity contribution in [2.24, 2.45) is 12.8 Å². The van der Waals surface area contributed by atoms with Crippen LogP contribution < -0.4 is 5.73 Å². The summed E-state index contributed by atoms with van der Waals surface area (Å²) in [6, 6.07) is 3.30. The highest BCUT2D eigenvalue weighted by atomic mass is 16.4. The third-order valence-electron chi connectivity index (χ3n) is 4.18. The minimum absolute atomic E-state index is 0.688. The van der Waals surface area contributed by atoms with E-state index < -0.39 is 12.0 Å². The van der Waals surface area contributed by atoms with E-state index in [0.717, 1.165) is 30.5 Å². The first-order valence-corrected chi connectivity index (χ1v) is 6.82. The molecule has 0 saturated carbocycles. The Bertz CT molecular complexity index is 690. The molecular formula is C15H19N3O2. The zero-order chi connectivity index (χ0) is 14.4. The number of rotatable bonds is 3. The second kappa shape index (κ2) is 4.61. The standard InChI is InChI=1S/C15H19N3O2/c1-3-18-6-9-4-11-12(14(16)15(19)20)8-17(2)13(11)5-10(9)7-18/h4-5,8,14H,3,6-7,16H2,1-2H3,(H,19,20). The summed E-state index contributed by atoms with van der Waals surface area (Å²) in [6.07, 6.45) is 1.83. The van der Waals surface area contributed by atoms with Gasteiger partial charge in [0.05, 0.1) is 0 Å². The summed E-state index contributed by atoms with van der Waals surface area (Å²) >= 11 is 0. The number of benzene rings is 1. The van der Waals surface area contributed by atoms with Crippen LogP contribution in [0, 0.1) is 0 Å². The maximum atomic E-state index is 11.1. The molecule has 5 nitrogen and oxygen atoms in total. The van der Waals surface area contributed by atoms with Crippen LogP contribution in [0.5, 0.6) is 0 Å². The van der Waals surface area contributed by atoms with Crippen molar-refractivity contribution in [1.29, 1.82) is 0 Å². The number of carboxylic acids is 1. The fraction of sp³-hybridized carbons (Fsp3) is 0.400. The lowest BCUT2D eigenvalue weighted by Crippen LogP contribution is -2.20. The van der Waals surface area contributed by atoms with Crippen molar-refractivity contribution in [3.63, 3.8) is 0 Å². The highest BCUT2D eigenvalue weighted by molar-refractivity contribution is 5.90.